The average Bonchev–Trinajstić information content (AvgIpc) is 3.30. The summed E-state index contributed by atoms with van der Waals surface area (Å²) >= 11 is 0. The van der Waals surface area contributed by atoms with E-state index in [4.69, 9.17) is 4.98 Å². The van der Waals surface area contributed by atoms with E-state index in [-0.39, 0.29) is 0 Å². The normalized spacial score (nSPS) is 16.4. The van der Waals surface area contributed by atoms with E-state index in [1.807, 2.05) is 49.8 Å². The lowest BCUT2D eigenvalue weighted by molar-refractivity contribution is 0.249. The van der Waals surface area contributed by atoms with Gasteiger partial charge in [-0.05, 0) is 33.9 Å². The van der Waals surface area contributed by atoms with Gasteiger partial charge in [0.25, 0.3) is 0 Å². The van der Waals surface area contributed by atoms with Crippen LogP contribution in [0, 0.1) is 0 Å². The van der Waals surface area contributed by atoms with Crippen molar-refractivity contribution >= 4 is 22.5 Å². The molecule has 1 saturated heterocycles. The maximum atomic E-state index is 5.26. The molecule has 0 radical (unpaired) electrons. The molecule has 3 rings (SSSR count). The molecule has 0 N–H and O–H groups in total. The molecule has 33 heavy (non-hydrogen) atoms. The number of allylic oxidation sites excluding steroid dienone is 11. The molecule has 0 aromatic carbocycles. The molecule has 2 aromatic rings. The summed E-state index contributed by atoms with van der Waals surface area (Å²) < 4.78 is 2.14. The van der Waals surface area contributed by atoms with Gasteiger partial charge >= 0.3 is 0 Å². The Kier molecular flexibility index (Phi) is 8.39. The summed E-state index contributed by atoms with van der Waals surface area (Å²) in [7, 11) is 4.32. The molecule has 0 unspecified atom stereocenters. The molecule has 0 bridgehead atoms. The van der Waals surface area contributed by atoms with Crippen LogP contribution >= 0.6 is 0 Å². The second-order valence-corrected chi connectivity index (χ2v) is 8.27. The zero-order chi connectivity index (χ0) is 23.8. The minimum absolute atomic E-state index is 0.601. The van der Waals surface area contributed by atoms with Crippen molar-refractivity contribution in [3.63, 3.8) is 0 Å². The fourth-order valence-corrected chi connectivity index (χ4v) is 4.30. The molecule has 1 aliphatic rings. The van der Waals surface area contributed by atoms with E-state index in [1.54, 1.807) is 18.2 Å². The predicted octanol–water partition coefficient (Wildman–Crippen LogP) is 5.72. The molecular weight excluding hydrogens is 406 g/mol. The van der Waals surface area contributed by atoms with Crippen molar-refractivity contribution in [2.45, 2.75) is 25.8 Å². The SMILES string of the molecule is C=C/C=C\C(=C/C=C)c1nc(N2CCC(N(C)C)CC2)c2cncn2c1C(/C=C\C)=C/C=C. The Balaban J connectivity index is 2.27. The fraction of sp³-hybridized carbons (Fsp3) is 0.286. The Labute approximate surface area is 198 Å². The molecule has 0 aliphatic carbocycles. The summed E-state index contributed by atoms with van der Waals surface area (Å²) in [4.78, 5) is 14.5. The predicted molar refractivity (Wildman–Crippen MR) is 142 cm³/mol. The topological polar surface area (TPSA) is 36.7 Å². The van der Waals surface area contributed by atoms with Gasteiger partial charge in [0.15, 0.2) is 5.82 Å². The Morgan fingerprint density at radius 2 is 1.73 bits per heavy atom. The number of rotatable bonds is 9. The largest absolute Gasteiger partial charge is 0.355 e. The van der Waals surface area contributed by atoms with Crippen LogP contribution in [0.4, 0.5) is 5.82 Å². The first-order chi connectivity index (χ1) is 16.0. The van der Waals surface area contributed by atoms with Crippen LogP contribution in [0.25, 0.3) is 16.7 Å². The van der Waals surface area contributed by atoms with Crippen molar-refractivity contribution in [3.05, 3.63) is 98.3 Å². The van der Waals surface area contributed by atoms with Crippen LogP contribution in [-0.4, -0.2) is 52.5 Å². The smallest absolute Gasteiger partial charge is 0.155 e. The van der Waals surface area contributed by atoms with E-state index in [0.29, 0.717) is 6.04 Å². The van der Waals surface area contributed by atoms with Crippen LogP contribution in [0.5, 0.6) is 0 Å². The maximum absolute atomic E-state index is 5.26. The van der Waals surface area contributed by atoms with Gasteiger partial charge in [-0.15, -0.1) is 0 Å². The first-order valence-corrected chi connectivity index (χ1v) is 11.4. The number of nitrogens with zero attached hydrogens (tertiary/aromatic N) is 5. The lowest BCUT2D eigenvalue weighted by Crippen LogP contribution is -2.42. The summed E-state index contributed by atoms with van der Waals surface area (Å²) in [6.07, 6.45) is 23.4. The number of aromatic nitrogens is 3. The fourth-order valence-electron chi connectivity index (χ4n) is 4.30. The first-order valence-electron chi connectivity index (χ1n) is 11.4. The highest BCUT2D eigenvalue weighted by atomic mass is 15.2. The van der Waals surface area contributed by atoms with Gasteiger partial charge < -0.3 is 9.80 Å². The van der Waals surface area contributed by atoms with Crippen LogP contribution in [0.2, 0.25) is 0 Å². The number of hydrogen-bond donors (Lipinski definition) is 0. The summed E-state index contributed by atoms with van der Waals surface area (Å²) in [5.74, 6) is 0.962. The molecule has 5 heteroatoms. The molecule has 3 heterocycles. The Morgan fingerprint density at radius 3 is 2.33 bits per heavy atom. The molecule has 0 spiro atoms. The quantitative estimate of drug-likeness (QED) is 0.467. The molecule has 0 amide bonds. The van der Waals surface area contributed by atoms with Crippen LogP contribution < -0.4 is 4.90 Å². The third kappa shape index (κ3) is 5.32. The van der Waals surface area contributed by atoms with E-state index < -0.39 is 0 Å². The van der Waals surface area contributed by atoms with Gasteiger partial charge in [0.2, 0.25) is 0 Å². The molecule has 1 fully saturated rings. The van der Waals surface area contributed by atoms with Crippen LogP contribution in [-0.2, 0) is 0 Å². The Hall–Kier alpha value is -3.44. The molecule has 1 aliphatic heterocycles. The van der Waals surface area contributed by atoms with Crippen LogP contribution in [0.3, 0.4) is 0 Å². The standard InChI is InChI=1S/C28H35N5/c1-7-11-15-22(12-8-2)26-27(23(13-9-3)14-10-4)33-21-29-20-25(33)28(30-26)32-18-16-24(17-19-32)31(5)6/h7-15,20-21,24H,1-3,16-19H2,4-6H3/b14-10-,15-11-,22-12+,23-13+. The van der Waals surface area contributed by atoms with E-state index in [1.165, 1.54) is 0 Å². The van der Waals surface area contributed by atoms with E-state index in [0.717, 1.165) is 59.8 Å². The highest BCUT2D eigenvalue weighted by Gasteiger charge is 2.26. The van der Waals surface area contributed by atoms with Crippen LogP contribution in [0.1, 0.15) is 31.2 Å². The zero-order valence-electron chi connectivity index (χ0n) is 20.1. The third-order valence-electron chi connectivity index (χ3n) is 5.94. The number of fused-ring (bicyclic) bond motifs is 1. The number of hydrogen-bond acceptors (Lipinski definition) is 4. The molecule has 5 nitrogen and oxygen atoms in total. The van der Waals surface area contributed by atoms with Crippen molar-refractivity contribution in [2.24, 2.45) is 0 Å². The van der Waals surface area contributed by atoms with Crippen molar-refractivity contribution in [1.82, 2.24) is 19.3 Å². The van der Waals surface area contributed by atoms with E-state index in [2.05, 4.69) is 59.1 Å². The molecule has 172 valence electrons. The van der Waals surface area contributed by atoms with Crippen molar-refractivity contribution in [2.75, 3.05) is 32.1 Å². The summed E-state index contributed by atoms with van der Waals surface area (Å²) in [6, 6.07) is 0.601. The first kappa shape index (κ1) is 24.2. The molecular formula is C28H35N5. The lowest BCUT2D eigenvalue weighted by atomic mass is 10.0. The van der Waals surface area contributed by atoms with Gasteiger partial charge in [0.05, 0.1) is 23.9 Å². The van der Waals surface area contributed by atoms with E-state index in [9.17, 15) is 0 Å². The Bertz CT molecular complexity index is 1120. The van der Waals surface area contributed by atoms with Crippen molar-refractivity contribution in [1.29, 1.82) is 0 Å². The van der Waals surface area contributed by atoms with Crippen molar-refractivity contribution < 1.29 is 0 Å². The minimum atomic E-state index is 0.601. The third-order valence-corrected chi connectivity index (χ3v) is 5.94. The highest BCUT2D eigenvalue weighted by Crippen LogP contribution is 2.33. The Morgan fingerprint density at radius 1 is 1.03 bits per heavy atom. The number of anilines is 1. The molecule has 0 saturated carbocycles. The number of piperidine rings is 1. The molecule has 0 atom stereocenters. The summed E-state index contributed by atoms with van der Waals surface area (Å²) in [6.45, 7) is 15.6. The van der Waals surface area contributed by atoms with Crippen molar-refractivity contribution in [3.8, 4) is 0 Å². The average molecular weight is 442 g/mol. The highest BCUT2D eigenvalue weighted by molar-refractivity contribution is 5.88. The van der Waals surface area contributed by atoms with Crippen LogP contribution in [0.15, 0.2) is 86.9 Å². The second-order valence-electron chi connectivity index (χ2n) is 8.27. The van der Waals surface area contributed by atoms with Gasteiger partial charge in [0.1, 0.15) is 5.52 Å². The summed E-state index contributed by atoms with van der Waals surface area (Å²) in [5.41, 5.74) is 4.81. The second kappa shape index (κ2) is 11.4. The minimum Gasteiger partial charge on any atom is -0.355 e. The van der Waals surface area contributed by atoms with Gasteiger partial charge in [0, 0.05) is 30.3 Å². The maximum Gasteiger partial charge on any atom is 0.155 e. The number of imidazole rings is 1. The summed E-state index contributed by atoms with van der Waals surface area (Å²) in [5, 5.41) is 0. The van der Waals surface area contributed by atoms with Gasteiger partial charge in [-0.1, -0.05) is 74.4 Å². The zero-order valence-corrected chi connectivity index (χ0v) is 20.1. The van der Waals surface area contributed by atoms with Gasteiger partial charge in [-0.3, -0.25) is 4.40 Å². The van der Waals surface area contributed by atoms with E-state index >= 15 is 0 Å². The van der Waals surface area contributed by atoms with Gasteiger partial charge in [-0.25, -0.2) is 9.97 Å². The van der Waals surface area contributed by atoms with Gasteiger partial charge in [-0.2, -0.15) is 0 Å². The lowest BCUT2D eigenvalue weighted by Gasteiger charge is -2.36. The monoisotopic (exact) mass is 441 g/mol. The molecule has 2 aromatic heterocycles.